The van der Waals surface area contributed by atoms with E-state index < -0.39 is 0 Å². The largest absolute Gasteiger partial charge is 0.490 e. The average Bonchev–Trinajstić information content (AvgIpc) is 2.39. The number of hydrogen-bond donors (Lipinski definition) is 1. The first-order valence-corrected chi connectivity index (χ1v) is 6.12. The summed E-state index contributed by atoms with van der Waals surface area (Å²) >= 11 is 0. The third kappa shape index (κ3) is 2.54. The number of benzene rings is 1. The molecule has 0 amide bonds. The molecule has 4 nitrogen and oxygen atoms in total. The molecule has 1 aliphatic rings. The molecule has 0 aliphatic carbocycles. The maximum Gasteiger partial charge on any atom is 0.164 e. The minimum Gasteiger partial charge on any atom is -0.490 e. The van der Waals surface area contributed by atoms with Crippen molar-refractivity contribution in [3.05, 3.63) is 36.4 Å². The molecule has 0 fully saturated rings. The van der Waals surface area contributed by atoms with Crippen molar-refractivity contribution in [2.24, 2.45) is 5.73 Å². The number of carbonyl (C=O) groups is 1. The number of ether oxygens (including phenoxy) is 1. The van der Waals surface area contributed by atoms with Crippen molar-refractivity contribution in [3.8, 4) is 5.75 Å². The first-order chi connectivity index (χ1) is 8.76. The van der Waals surface area contributed by atoms with Crippen LogP contribution in [0.4, 0.5) is 5.69 Å². The van der Waals surface area contributed by atoms with Crippen molar-refractivity contribution < 1.29 is 9.53 Å². The van der Waals surface area contributed by atoms with E-state index in [1.54, 1.807) is 6.07 Å². The van der Waals surface area contributed by atoms with Gasteiger partial charge < -0.3 is 15.4 Å². The molecule has 2 N–H and O–H groups in total. The zero-order valence-corrected chi connectivity index (χ0v) is 10.4. The van der Waals surface area contributed by atoms with Crippen LogP contribution in [0.3, 0.4) is 0 Å². The summed E-state index contributed by atoms with van der Waals surface area (Å²) in [6.07, 6.45) is 2.23. The van der Waals surface area contributed by atoms with Gasteiger partial charge in [-0.3, -0.25) is 4.79 Å². The highest BCUT2D eigenvalue weighted by Crippen LogP contribution is 2.32. The van der Waals surface area contributed by atoms with E-state index in [1.807, 2.05) is 18.2 Å². The van der Waals surface area contributed by atoms with Crippen molar-refractivity contribution in [2.45, 2.75) is 6.42 Å². The number of hydrogen-bond acceptors (Lipinski definition) is 4. The highest BCUT2D eigenvalue weighted by molar-refractivity contribution is 5.97. The van der Waals surface area contributed by atoms with E-state index in [1.165, 1.54) is 0 Å². The molecule has 0 spiro atoms. The van der Waals surface area contributed by atoms with Crippen LogP contribution in [0, 0.1) is 0 Å². The lowest BCUT2D eigenvalue weighted by atomic mass is 10.1. The van der Waals surface area contributed by atoms with E-state index in [0.717, 1.165) is 24.5 Å². The van der Waals surface area contributed by atoms with Crippen molar-refractivity contribution in [1.29, 1.82) is 0 Å². The first-order valence-electron chi connectivity index (χ1n) is 6.12. The Balaban J connectivity index is 2.30. The molecular weight excluding hydrogens is 228 g/mol. The van der Waals surface area contributed by atoms with E-state index in [4.69, 9.17) is 10.5 Å². The van der Waals surface area contributed by atoms with Crippen molar-refractivity contribution in [3.63, 3.8) is 0 Å². The Morgan fingerprint density at radius 2 is 2.39 bits per heavy atom. The Bertz CT molecular complexity index is 457. The number of nitrogens with two attached hydrogens (primary N) is 1. The van der Waals surface area contributed by atoms with Gasteiger partial charge in [0.05, 0.1) is 12.2 Å². The zero-order valence-electron chi connectivity index (χ0n) is 10.4. The zero-order chi connectivity index (χ0) is 13.0. The summed E-state index contributed by atoms with van der Waals surface area (Å²) in [6, 6.07) is 5.54. The summed E-state index contributed by atoms with van der Waals surface area (Å²) in [5.41, 5.74) is 7.07. The van der Waals surface area contributed by atoms with Crippen LogP contribution in [0.5, 0.6) is 5.75 Å². The molecule has 18 heavy (non-hydrogen) atoms. The predicted molar refractivity (Wildman–Crippen MR) is 72.3 cm³/mol. The fraction of sp³-hybridized carbons (Fsp3) is 0.357. The van der Waals surface area contributed by atoms with Gasteiger partial charge in [-0.1, -0.05) is 6.08 Å². The van der Waals surface area contributed by atoms with Crippen LogP contribution in [0.25, 0.3) is 0 Å². The van der Waals surface area contributed by atoms with Gasteiger partial charge in [0.1, 0.15) is 12.4 Å². The van der Waals surface area contributed by atoms with Gasteiger partial charge in [-0.05, 0) is 24.7 Å². The number of rotatable bonds is 5. The molecule has 1 aliphatic heterocycles. The second kappa shape index (κ2) is 5.69. The van der Waals surface area contributed by atoms with Crippen molar-refractivity contribution >= 4 is 11.5 Å². The quantitative estimate of drug-likeness (QED) is 0.633. The summed E-state index contributed by atoms with van der Waals surface area (Å²) in [5, 5.41) is 0. The monoisotopic (exact) mass is 246 g/mol. The second-order valence-electron chi connectivity index (χ2n) is 4.23. The Morgan fingerprint density at radius 3 is 3.11 bits per heavy atom. The molecule has 0 saturated heterocycles. The molecule has 0 radical (unpaired) electrons. The van der Waals surface area contributed by atoms with Gasteiger partial charge in [0, 0.05) is 18.5 Å². The lowest BCUT2D eigenvalue weighted by molar-refractivity contribution is 0.0985. The first kappa shape index (κ1) is 12.6. The van der Waals surface area contributed by atoms with Gasteiger partial charge in [0.2, 0.25) is 0 Å². The standard InChI is InChI=1S/C14H18N2O2/c1-2-7-16-8-9-18-14-4-3-11(10-12(14)16)13(17)5-6-15/h2-4,10H,1,5-9,15H2. The molecule has 0 saturated carbocycles. The van der Waals surface area contributed by atoms with Crippen LogP contribution < -0.4 is 15.4 Å². The Labute approximate surface area is 107 Å². The van der Waals surface area contributed by atoms with Crippen LogP contribution in [-0.2, 0) is 0 Å². The van der Waals surface area contributed by atoms with Gasteiger partial charge in [0.15, 0.2) is 5.78 Å². The third-order valence-corrected chi connectivity index (χ3v) is 2.96. The summed E-state index contributed by atoms with van der Waals surface area (Å²) in [7, 11) is 0. The lowest BCUT2D eigenvalue weighted by Crippen LogP contribution is -2.32. The van der Waals surface area contributed by atoms with Gasteiger partial charge in [-0.25, -0.2) is 0 Å². The van der Waals surface area contributed by atoms with E-state index in [-0.39, 0.29) is 5.78 Å². The normalized spacial score (nSPS) is 13.7. The summed E-state index contributed by atoms with van der Waals surface area (Å²) in [5.74, 6) is 0.900. The molecule has 0 atom stereocenters. The van der Waals surface area contributed by atoms with Crippen LogP contribution in [0.15, 0.2) is 30.9 Å². The van der Waals surface area contributed by atoms with Crippen LogP contribution in [0.1, 0.15) is 16.8 Å². The van der Waals surface area contributed by atoms with Crippen LogP contribution in [0.2, 0.25) is 0 Å². The molecular formula is C14H18N2O2. The molecule has 1 aromatic rings. The fourth-order valence-electron chi connectivity index (χ4n) is 2.07. The smallest absolute Gasteiger partial charge is 0.164 e. The molecule has 2 rings (SSSR count). The minimum absolute atomic E-state index is 0.0735. The summed E-state index contributed by atoms with van der Waals surface area (Å²) in [4.78, 5) is 14.0. The molecule has 96 valence electrons. The van der Waals surface area contributed by atoms with Crippen molar-refractivity contribution in [2.75, 3.05) is 31.1 Å². The number of ketones is 1. The number of nitrogens with zero attached hydrogens (tertiary/aromatic N) is 1. The number of fused-ring (bicyclic) bond motifs is 1. The predicted octanol–water partition coefficient (Wildman–Crippen LogP) is 1.60. The van der Waals surface area contributed by atoms with Gasteiger partial charge in [-0.15, -0.1) is 6.58 Å². The fourth-order valence-corrected chi connectivity index (χ4v) is 2.07. The van der Waals surface area contributed by atoms with Gasteiger partial charge >= 0.3 is 0 Å². The Kier molecular flexibility index (Phi) is 3.99. The average molecular weight is 246 g/mol. The molecule has 0 unspecified atom stereocenters. The Hall–Kier alpha value is -1.81. The maximum atomic E-state index is 11.8. The molecule has 1 heterocycles. The van der Waals surface area contributed by atoms with E-state index in [0.29, 0.717) is 25.1 Å². The van der Waals surface area contributed by atoms with Gasteiger partial charge in [-0.2, -0.15) is 0 Å². The van der Waals surface area contributed by atoms with E-state index in [2.05, 4.69) is 11.5 Å². The molecule has 0 aromatic heterocycles. The lowest BCUT2D eigenvalue weighted by Gasteiger charge is -2.30. The van der Waals surface area contributed by atoms with Gasteiger partial charge in [0.25, 0.3) is 0 Å². The highest BCUT2D eigenvalue weighted by Gasteiger charge is 2.18. The number of anilines is 1. The number of carbonyl (C=O) groups excluding carboxylic acids is 1. The summed E-state index contributed by atoms with van der Waals surface area (Å²) in [6.45, 7) is 6.36. The third-order valence-electron chi connectivity index (χ3n) is 2.96. The maximum absolute atomic E-state index is 11.8. The Morgan fingerprint density at radius 1 is 1.56 bits per heavy atom. The van der Waals surface area contributed by atoms with Crippen LogP contribution in [-0.4, -0.2) is 32.0 Å². The summed E-state index contributed by atoms with van der Waals surface area (Å²) < 4.78 is 5.58. The minimum atomic E-state index is 0.0735. The molecule has 0 bridgehead atoms. The number of Topliss-reactive ketones (excluding diaryl/α,β-unsaturated/α-hetero) is 1. The van der Waals surface area contributed by atoms with E-state index >= 15 is 0 Å². The van der Waals surface area contributed by atoms with E-state index in [9.17, 15) is 4.79 Å². The SMILES string of the molecule is C=CCN1CCOc2ccc(C(=O)CCN)cc21. The van der Waals surface area contributed by atoms with Crippen LogP contribution >= 0.6 is 0 Å². The highest BCUT2D eigenvalue weighted by atomic mass is 16.5. The van der Waals surface area contributed by atoms with Crippen molar-refractivity contribution in [1.82, 2.24) is 0 Å². The molecule has 4 heteroatoms. The topological polar surface area (TPSA) is 55.6 Å². The second-order valence-corrected chi connectivity index (χ2v) is 4.23. The molecule has 1 aromatic carbocycles.